The summed E-state index contributed by atoms with van der Waals surface area (Å²) >= 11 is 0. The van der Waals surface area contributed by atoms with E-state index >= 15 is 0 Å². The van der Waals surface area contributed by atoms with Gasteiger partial charge in [0.25, 0.3) is 5.91 Å². The number of ether oxygens (including phenoxy) is 1. The molecule has 0 unspecified atom stereocenters. The van der Waals surface area contributed by atoms with Gasteiger partial charge in [0, 0.05) is 5.56 Å². The van der Waals surface area contributed by atoms with Crippen LogP contribution in [0.15, 0.2) is 36.4 Å². The Morgan fingerprint density at radius 1 is 0.968 bits per heavy atom. The number of imide groups is 1. The highest BCUT2D eigenvalue weighted by Gasteiger charge is 2.49. The van der Waals surface area contributed by atoms with Crippen molar-refractivity contribution in [1.82, 2.24) is 10.2 Å². The van der Waals surface area contributed by atoms with E-state index in [-0.39, 0.29) is 5.78 Å². The third kappa shape index (κ3) is 4.35. The van der Waals surface area contributed by atoms with Crippen molar-refractivity contribution in [3.8, 4) is 0 Å². The first-order valence-electron chi connectivity index (χ1n) is 10.0. The summed E-state index contributed by atoms with van der Waals surface area (Å²) in [6.07, 6.45) is 0. The normalized spacial score (nSPS) is 18.2. The quantitative estimate of drug-likeness (QED) is 0.439. The molecule has 0 aromatic heterocycles. The Labute approximate surface area is 181 Å². The smallest absolute Gasteiger partial charge is 0.326 e. The number of ketones is 1. The predicted molar refractivity (Wildman–Crippen MR) is 115 cm³/mol. The van der Waals surface area contributed by atoms with Crippen molar-refractivity contribution >= 4 is 23.7 Å². The number of urea groups is 1. The fourth-order valence-corrected chi connectivity index (χ4v) is 3.58. The molecular weight excluding hydrogens is 396 g/mol. The van der Waals surface area contributed by atoms with Crippen molar-refractivity contribution in [3.05, 3.63) is 69.8 Å². The third-order valence-corrected chi connectivity index (χ3v) is 5.70. The second kappa shape index (κ2) is 8.34. The van der Waals surface area contributed by atoms with E-state index in [1.54, 1.807) is 25.1 Å². The number of benzene rings is 2. The van der Waals surface area contributed by atoms with Crippen LogP contribution < -0.4 is 5.32 Å². The molecule has 31 heavy (non-hydrogen) atoms. The Balaban J connectivity index is 1.65. The molecule has 0 saturated carbocycles. The zero-order valence-corrected chi connectivity index (χ0v) is 18.4. The van der Waals surface area contributed by atoms with Crippen LogP contribution in [0.5, 0.6) is 0 Å². The van der Waals surface area contributed by atoms with Gasteiger partial charge in [0.1, 0.15) is 12.1 Å². The molecule has 1 fully saturated rings. The lowest BCUT2D eigenvalue weighted by molar-refractivity contribution is -0.146. The average molecular weight is 422 g/mol. The summed E-state index contributed by atoms with van der Waals surface area (Å²) < 4.78 is 5.07. The SMILES string of the molecule is Cc1ccc([C@@]2(C)NC(=O)N(CC(=O)OCC(=O)c3cc(C)c(C)cc3C)C2=O)cc1. The summed E-state index contributed by atoms with van der Waals surface area (Å²) in [4.78, 5) is 50.8. The number of nitrogens with one attached hydrogen (secondary N) is 1. The number of rotatable bonds is 6. The summed E-state index contributed by atoms with van der Waals surface area (Å²) in [6, 6.07) is 10.2. The van der Waals surface area contributed by atoms with Gasteiger partial charge in [0.15, 0.2) is 6.61 Å². The number of aryl methyl sites for hydroxylation is 4. The molecule has 3 amide bonds. The number of Topliss-reactive ketones (excluding diaryl/α,β-unsaturated/α-hetero) is 1. The van der Waals surface area contributed by atoms with Crippen LogP contribution in [0.4, 0.5) is 4.79 Å². The Morgan fingerprint density at radius 2 is 1.58 bits per heavy atom. The molecule has 1 atom stereocenters. The number of hydrogen-bond acceptors (Lipinski definition) is 5. The first-order chi connectivity index (χ1) is 14.5. The van der Waals surface area contributed by atoms with E-state index in [1.165, 1.54) is 0 Å². The maximum absolute atomic E-state index is 12.9. The van der Waals surface area contributed by atoms with Crippen molar-refractivity contribution in [1.29, 1.82) is 0 Å². The number of esters is 1. The van der Waals surface area contributed by atoms with E-state index in [4.69, 9.17) is 4.74 Å². The van der Waals surface area contributed by atoms with Gasteiger partial charge >= 0.3 is 12.0 Å². The highest BCUT2D eigenvalue weighted by Crippen LogP contribution is 2.29. The van der Waals surface area contributed by atoms with Crippen LogP contribution in [-0.2, 0) is 19.9 Å². The van der Waals surface area contributed by atoms with Gasteiger partial charge in [-0.25, -0.2) is 4.79 Å². The van der Waals surface area contributed by atoms with Gasteiger partial charge in [-0.05, 0) is 62.9 Å². The van der Waals surface area contributed by atoms with Gasteiger partial charge in [-0.3, -0.25) is 19.3 Å². The number of carbonyl (C=O) groups is 4. The maximum atomic E-state index is 12.9. The lowest BCUT2D eigenvalue weighted by Gasteiger charge is -2.22. The van der Waals surface area contributed by atoms with Crippen LogP contribution in [0.25, 0.3) is 0 Å². The molecule has 1 heterocycles. The Bertz CT molecular complexity index is 1070. The summed E-state index contributed by atoms with van der Waals surface area (Å²) in [7, 11) is 0. The largest absolute Gasteiger partial charge is 0.456 e. The van der Waals surface area contributed by atoms with E-state index in [0.717, 1.165) is 27.2 Å². The Morgan fingerprint density at radius 3 is 2.23 bits per heavy atom. The van der Waals surface area contributed by atoms with Crippen molar-refractivity contribution in [2.45, 2.75) is 40.2 Å². The summed E-state index contributed by atoms with van der Waals surface area (Å²) in [5, 5.41) is 2.64. The van der Waals surface area contributed by atoms with Crippen LogP contribution in [0, 0.1) is 27.7 Å². The molecule has 0 bridgehead atoms. The van der Waals surface area contributed by atoms with Crippen molar-refractivity contribution < 1.29 is 23.9 Å². The number of hydrogen-bond donors (Lipinski definition) is 1. The third-order valence-electron chi connectivity index (χ3n) is 5.70. The van der Waals surface area contributed by atoms with E-state index in [1.807, 2.05) is 45.9 Å². The topological polar surface area (TPSA) is 92.8 Å². The predicted octanol–water partition coefficient (Wildman–Crippen LogP) is 3.11. The summed E-state index contributed by atoms with van der Waals surface area (Å²) in [5.41, 5.74) is 3.69. The van der Waals surface area contributed by atoms with Crippen LogP contribution in [0.3, 0.4) is 0 Å². The summed E-state index contributed by atoms with van der Waals surface area (Å²) in [5.74, 6) is -1.71. The molecule has 2 aromatic rings. The molecule has 1 saturated heterocycles. The highest BCUT2D eigenvalue weighted by atomic mass is 16.5. The Kier molecular flexibility index (Phi) is 5.97. The molecule has 7 nitrogen and oxygen atoms in total. The van der Waals surface area contributed by atoms with Crippen molar-refractivity contribution in [2.24, 2.45) is 0 Å². The second-order valence-corrected chi connectivity index (χ2v) is 8.15. The van der Waals surface area contributed by atoms with Gasteiger partial charge < -0.3 is 10.1 Å². The summed E-state index contributed by atoms with van der Waals surface area (Å²) in [6.45, 7) is 8.17. The lowest BCUT2D eigenvalue weighted by Crippen LogP contribution is -2.41. The highest BCUT2D eigenvalue weighted by molar-refractivity contribution is 6.09. The van der Waals surface area contributed by atoms with E-state index in [2.05, 4.69) is 5.32 Å². The molecule has 1 aliphatic heterocycles. The van der Waals surface area contributed by atoms with Crippen LogP contribution in [0.1, 0.15) is 45.1 Å². The second-order valence-electron chi connectivity index (χ2n) is 8.15. The van der Waals surface area contributed by atoms with E-state index < -0.39 is 36.6 Å². The fraction of sp³-hybridized carbons (Fsp3) is 0.333. The molecule has 2 aromatic carbocycles. The maximum Gasteiger partial charge on any atom is 0.326 e. The van der Waals surface area contributed by atoms with Crippen LogP contribution in [0.2, 0.25) is 0 Å². The molecule has 0 aliphatic carbocycles. The first kappa shape index (κ1) is 22.2. The fourth-order valence-electron chi connectivity index (χ4n) is 3.58. The monoisotopic (exact) mass is 422 g/mol. The number of amides is 3. The lowest BCUT2D eigenvalue weighted by atomic mass is 9.91. The van der Waals surface area contributed by atoms with Crippen LogP contribution >= 0.6 is 0 Å². The zero-order valence-electron chi connectivity index (χ0n) is 18.4. The molecule has 0 spiro atoms. The van der Waals surface area contributed by atoms with Gasteiger partial charge in [0.05, 0.1) is 0 Å². The minimum atomic E-state index is -1.27. The zero-order chi connectivity index (χ0) is 22.9. The minimum Gasteiger partial charge on any atom is -0.456 e. The van der Waals surface area contributed by atoms with Gasteiger partial charge in [-0.1, -0.05) is 35.9 Å². The van der Waals surface area contributed by atoms with E-state index in [0.29, 0.717) is 11.1 Å². The average Bonchev–Trinajstić information content (AvgIpc) is 2.93. The van der Waals surface area contributed by atoms with Crippen molar-refractivity contribution in [2.75, 3.05) is 13.2 Å². The molecule has 3 rings (SSSR count). The molecule has 162 valence electrons. The number of nitrogens with zero attached hydrogens (tertiary/aromatic N) is 1. The number of carbonyl (C=O) groups excluding carboxylic acids is 4. The van der Waals surface area contributed by atoms with Gasteiger partial charge in [0.2, 0.25) is 5.78 Å². The first-order valence-corrected chi connectivity index (χ1v) is 10.0. The van der Waals surface area contributed by atoms with Crippen molar-refractivity contribution in [3.63, 3.8) is 0 Å². The molecular formula is C24H26N2O5. The molecule has 1 aliphatic rings. The van der Waals surface area contributed by atoms with E-state index in [9.17, 15) is 19.2 Å². The minimum absolute atomic E-state index is 0.337. The Hall–Kier alpha value is -3.48. The molecule has 1 N–H and O–H groups in total. The molecule has 0 radical (unpaired) electrons. The van der Waals surface area contributed by atoms with Crippen LogP contribution in [-0.4, -0.2) is 41.7 Å². The van der Waals surface area contributed by atoms with Gasteiger partial charge in [-0.15, -0.1) is 0 Å². The standard InChI is InChI=1S/C24H26N2O5/c1-14-6-8-18(9-7-14)24(5)22(29)26(23(30)25-24)12-21(28)31-13-20(27)19-11-16(3)15(2)10-17(19)4/h6-11H,12-13H2,1-5H3,(H,25,30)/t24-/m1/s1. The van der Waals surface area contributed by atoms with Gasteiger partial charge in [-0.2, -0.15) is 0 Å². The molecule has 7 heteroatoms.